The van der Waals surface area contributed by atoms with Crippen molar-refractivity contribution in [3.63, 3.8) is 0 Å². The summed E-state index contributed by atoms with van der Waals surface area (Å²) in [4.78, 5) is 22.9. The Morgan fingerprint density at radius 1 is 0.871 bits per heavy atom. The van der Waals surface area contributed by atoms with Gasteiger partial charge < -0.3 is 29.0 Å². The molecule has 31 heavy (non-hydrogen) atoms. The third kappa shape index (κ3) is 15.2. The van der Waals surface area contributed by atoms with Crippen molar-refractivity contribution >= 4 is 12.0 Å². The van der Waals surface area contributed by atoms with Gasteiger partial charge in [-0.2, -0.15) is 0 Å². The van der Waals surface area contributed by atoms with E-state index >= 15 is 0 Å². The van der Waals surface area contributed by atoms with Crippen molar-refractivity contribution in [1.82, 2.24) is 10.4 Å². The normalized spacial score (nSPS) is 10.6. The number of hydrogen-bond donors (Lipinski definition) is 2. The molecule has 0 aliphatic heterocycles. The molecule has 1 aromatic rings. The topological polar surface area (TPSA) is 116 Å². The van der Waals surface area contributed by atoms with Crippen molar-refractivity contribution in [2.24, 2.45) is 0 Å². The van der Waals surface area contributed by atoms with Crippen LogP contribution in [-0.4, -0.2) is 88.2 Å². The van der Waals surface area contributed by atoms with Crippen LogP contribution in [0.25, 0.3) is 0 Å². The number of benzene rings is 1. The summed E-state index contributed by atoms with van der Waals surface area (Å²) in [5.74, 6) is -0.363. The lowest BCUT2D eigenvalue weighted by atomic mass is 10.2. The number of hydrogen-bond acceptors (Lipinski definition) is 8. The zero-order valence-electron chi connectivity index (χ0n) is 18.1. The highest BCUT2D eigenvalue weighted by atomic mass is 16.6. The Labute approximate surface area is 183 Å². The number of ether oxygens (including phenoxy) is 5. The highest BCUT2D eigenvalue weighted by molar-refractivity contribution is 5.74. The molecule has 0 aliphatic carbocycles. The number of rotatable bonds is 18. The number of hydroxylamine groups is 2. The number of nitrogens with one attached hydrogen (secondary N) is 1. The maximum absolute atomic E-state index is 11.5. The van der Waals surface area contributed by atoms with Gasteiger partial charge in [0, 0.05) is 13.1 Å². The Bertz CT molecular complexity index is 588. The van der Waals surface area contributed by atoms with Gasteiger partial charge >= 0.3 is 6.09 Å². The van der Waals surface area contributed by atoms with Crippen LogP contribution in [0.3, 0.4) is 0 Å². The maximum atomic E-state index is 11.5. The first-order valence-corrected chi connectivity index (χ1v) is 10.4. The zero-order valence-corrected chi connectivity index (χ0v) is 18.1. The van der Waals surface area contributed by atoms with E-state index in [0.717, 1.165) is 5.56 Å². The van der Waals surface area contributed by atoms with E-state index in [9.17, 15) is 9.59 Å². The van der Waals surface area contributed by atoms with Crippen LogP contribution in [0.5, 0.6) is 0 Å². The molecule has 1 rings (SSSR count). The van der Waals surface area contributed by atoms with E-state index in [2.05, 4.69) is 5.32 Å². The minimum atomic E-state index is -0.479. The van der Waals surface area contributed by atoms with Gasteiger partial charge in [0.25, 0.3) is 0 Å². The second-order valence-electron chi connectivity index (χ2n) is 6.30. The average Bonchev–Trinajstić information content (AvgIpc) is 2.80. The quantitative estimate of drug-likeness (QED) is 0.200. The Hall–Kier alpha value is -2.24. The summed E-state index contributed by atoms with van der Waals surface area (Å²) in [6, 6.07) is 9.46. The van der Waals surface area contributed by atoms with Gasteiger partial charge in [-0.05, 0) is 12.5 Å². The summed E-state index contributed by atoms with van der Waals surface area (Å²) in [6.45, 7) is 5.61. The first-order valence-electron chi connectivity index (χ1n) is 10.4. The summed E-state index contributed by atoms with van der Waals surface area (Å²) >= 11 is 0. The first kappa shape index (κ1) is 26.8. The lowest BCUT2D eigenvalue weighted by Crippen LogP contribution is -2.28. The van der Waals surface area contributed by atoms with Gasteiger partial charge in [0.05, 0.1) is 59.3 Å². The van der Waals surface area contributed by atoms with Crippen molar-refractivity contribution in [3.05, 3.63) is 35.9 Å². The molecule has 0 saturated heterocycles. The van der Waals surface area contributed by atoms with Gasteiger partial charge in [-0.25, -0.2) is 9.86 Å². The smallest absolute Gasteiger partial charge is 0.407 e. The van der Waals surface area contributed by atoms with Crippen LogP contribution in [0.2, 0.25) is 0 Å². The fourth-order valence-corrected chi connectivity index (χ4v) is 2.23. The lowest BCUT2D eigenvalue weighted by Gasteiger charge is -2.12. The zero-order chi connectivity index (χ0) is 22.6. The SMILES string of the molecule is CCN(O)C(=O)CCOCCOCCOCCOCCNC(=O)OCc1ccccc1. The van der Waals surface area contributed by atoms with E-state index in [1.807, 2.05) is 30.3 Å². The molecular weight excluding hydrogens is 408 g/mol. The van der Waals surface area contributed by atoms with Gasteiger partial charge in [-0.1, -0.05) is 30.3 Å². The van der Waals surface area contributed by atoms with Gasteiger partial charge in [-0.15, -0.1) is 0 Å². The van der Waals surface area contributed by atoms with Gasteiger partial charge in [0.2, 0.25) is 5.91 Å². The standard InChI is InChI=1S/C21H34N2O8/c1-2-23(26)20(24)8-10-27-12-14-29-16-17-30-15-13-28-11-9-22-21(25)31-18-19-6-4-3-5-7-19/h3-7,26H,2,8-18H2,1H3,(H,22,25). The van der Waals surface area contributed by atoms with Crippen molar-refractivity contribution in [3.8, 4) is 0 Å². The van der Waals surface area contributed by atoms with E-state index < -0.39 is 6.09 Å². The summed E-state index contributed by atoms with van der Waals surface area (Å²) in [5, 5.41) is 12.4. The van der Waals surface area contributed by atoms with Crippen LogP contribution in [-0.2, 0) is 35.1 Å². The van der Waals surface area contributed by atoms with E-state index in [-0.39, 0.29) is 32.1 Å². The Morgan fingerprint density at radius 2 is 1.42 bits per heavy atom. The molecule has 176 valence electrons. The fraction of sp³-hybridized carbons (Fsp3) is 0.619. The van der Waals surface area contributed by atoms with Crippen molar-refractivity contribution in [1.29, 1.82) is 0 Å². The number of carbonyl (C=O) groups is 2. The van der Waals surface area contributed by atoms with Crippen molar-refractivity contribution in [2.45, 2.75) is 20.0 Å². The molecule has 0 unspecified atom stereocenters. The minimum Gasteiger partial charge on any atom is -0.445 e. The van der Waals surface area contributed by atoms with Crippen molar-refractivity contribution in [2.75, 3.05) is 65.9 Å². The van der Waals surface area contributed by atoms with E-state index in [1.54, 1.807) is 6.92 Å². The second-order valence-corrected chi connectivity index (χ2v) is 6.30. The third-order valence-electron chi connectivity index (χ3n) is 3.89. The average molecular weight is 443 g/mol. The predicted octanol–water partition coefficient (Wildman–Crippen LogP) is 1.61. The highest BCUT2D eigenvalue weighted by Crippen LogP contribution is 2.00. The number of amides is 2. The van der Waals surface area contributed by atoms with Crippen LogP contribution < -0.4 is 5.32 Å². The van der Waals surface area contributed by atoms with E-state index in [0.29, 0.717) is 57.9 Å². The predicted molar refractivity (Wildman–Crippen MR) is 112 cm³/mol. The van der Waals surface area contributed by atoms with Gasteiger partial charge in [-0.3, -0.25) is 10.0 Å². The monoisotopic (exact) mass is 442 g/mol. The first-order chi connectivity index (χ1) is 15.1. The fourth-order valence-electron chi connectivity index (χ4n) is 2.23. The van der Waals surface area contributed by atoms with Crippen LogP contribution in [0, 0.1) is 0 Å². The second kappa shape index (κ2) is 18.5. The molecule has 0 atom stereocenters. The molecule has 2 N–H and O–H groups in total. The lowest BCUT2D eigenvalue weighted by molar-refractivity contribution is -0.165. The summed E-state index contributed by atoms with van der Waals surface area (Å²) in [7, 11) is 0. The summed E-state index contributed by atoms with van der Waals surface area (Å²) in [6.07, 6.45) is -0.342. The molecule has 10 nitrogen and oxygen atoms in total. The molecule has 0 saturated carbocycles. The number of carbonyl (C=O) groups excluding carboxylic acids is 2. The third-order valence-corrected chi connectivity index (χ3v) is 3.89. The summed E-state index contributed by atoms with van der Waals surface area (Å²) < 4.78 is 26.4. The van der Waals surface area contributed by atoms with E-state index in [1.165, 1.54) is 0 Å². The maximum Gasteiger partial charge on any atom is 0.407 e. The molecule has 0 bridgehead atoms. The molecule has 0 aromatic heterocycles. The van der Waals surface area contributed by atoms with E-state index in [4.69, 9.17) is 28.9 Å². The molecular formula is C21H34N2O8. The van der Waals surface area contributed by atoms with Crippen molar-refractivity contribution < 1.29 is 38.5 Å². The van der Waals surface area contributed by atoms with Crippen LogP contribution in [0.15, 0.2) is 30.3 Å². The molecule has 2 amide bonds. The van der Waals surface area contributed by atoms with Crippen LogP contribution in [0.4, 0.5) is 4.79 Å². The molecule has 0 heterocycles. The Balaban J connectivity index is 1.77. The minimum absolute atomic E-state index is 0.137. The molecule has 0 aliphatic rings. The molecule has 1 aromatic carbocycles. The molecule has 10 heteroatoms. The van der Waals surface area contributed by atoms with Crippen LogP contribution >= 0.6 is 0 Å². The van der Waals surface area contributed by atoms with Crippen LogP contribution in [0.1, 0.15) is 18.9 Å². The number of nitrogens with zero attached hydrogens (tertiary/aromatic N) is 1. The summed E-state index contributed by atoms with van der Waals surface area (Å²) in [5.41, 5.74) is 0.931. The molecule has 0 spiro atoms. The molecule has 0 fully saturated rings. The Kier molecular flexibility index (Phi) is 16.0. The van der Waals surface area contributed by atoms with Gasteiger partial charge in [0.15, 0.2) is 0 Å². The largest absolute Gasteiger partial charge is 0.445 e. The molecule has 0 radical (unpaired) electrons. The van der Waals surface area contributed by atoms with Gasteiger partial charge in [0.1, 0.15) is 6.61 Å². The highest BCUT2D eigenvalue weighted by Gasteiger charge is 2.07. The number of alkyl carbamates (subject to hydrolysis) is 1. The Morgan fingerprint density at radius 3 is 2.00 bits per heavy atom.